The van der Waals surface area contributed by atoms with Gasteiger partial charge in [0.2, 0.25) is 0 Å². The average Bonchev–Trinajstić information content (AvgIpc) is 3.39. The molecule has 0 radical (unpaired) electrons. The van der Waals surface area contributed by atoms with E-state index in [1.165, 1.54) is 17.7 Å². The Bertz CT molecular complexity index is 1730. The number of benzene rings is 2. The molecule has 5 rings (SSSR count). The molecule has 3 heterocycles. The van der Waals surface area contributed by atoms with E-state index in [-0.39, 0.29) is 13.5 Å². The molecule has 2 N–H and O–H groups in total. The number of likely N-dealkylation sites (N-methyl/N-ethyl adjacent to an activating group) is 1. The zero-order valence-corrected chi connectivity index (χ0v) is 26.6. The number of carboxylic acid groups (broad SMARTS) is 1. The van der Waals surface area contributed by atoms with Crippen molar-refractivity contribution in [1.29, 1.82) is 0 Å². The molecule has 1 saturated heterocycles. The van der Waals surface area contributed by atoms with E-state index >= 15 is 0 Å². The minimum Gasteiger partial charge on any atom is -0.496 e. The first-order chi connectivity index (χ1) is 21.8. The van der Waals surface area contributed by atoms with Crippen LogP contribution in [0.2, 0.25) is 5.02 Å². The predicted molar refractivity (Wildman–Crippen MR) is 176 cm³/mol. The molecule has 0 saturated carbocycles. The number of para-hydroxylation sites is 1. The van der Waals surface area contributed by atoms with Crippen molar-refractivity contribution in [3.8, 4) is 34.5 Å². The lowest BCUT2D eigenvalue weighted by Crippen LogP contribution is -2.45. The molecule has 0 amide bonds. The number of nitrogens with zero attached hydrogens (tertiary/aromatic N) is 4. The minimum atomic E-state index is -1.05. The summed E-state index contributed by atoms with van der Waals surface area (Å²) in [6, 6.07) is 9.93. The van der Waals surface area contributed by atoms with Crippen LogP contribution in [0.3, 0.4) is 0 Å². The molecule has 1 atom stereocenters. The van der Waals surface area contributed by atoms with Gasteiger partial charge in [-0.15, -0.1) is 17.3 Å². The van der Waals surface area contributed by atoms with Crippen molar-refractivity contribution in [3.05, 3.63) is 63.8 Å². The number of aliphatic carboxylic acids is 1. The molecule has 0 spiro atoms. The quantitative estimate of drug-likeness (QED) is 0.209. The van der Waals surface area contributed by atoms with Gasteiger partial charge in [0.1, 0.15) is 41.1 Å². The number of ether oxygens (including phenoxy) is 2. The second-order valence-electron chi connectivity index (χ2n) is 10.6. The maximum atomic E-state index is 12.5. The predicted octanol–water partition coefficient (Wildman–Crippen LogP) is 5.43. The van der Waals surface area contributed by atoms with E-state index in [4.69, 9.17) is 22.4 Å². The molecule has 9 nitrogen and oxygen atoms in total. The molecular weight excluding hydrogens is 598 g/mol. The Morgan fingerprint density at radius 2 is 2.00 bits per heavy atom. The van der Waals surface area contributed by atoms with E-state index in [9.17, 15) is 9.90 Å². The molecule has 11 heteroatoms. The topological polar surface area (TPSA) is 100 Å². The van der Waals surface area contributed by atoms with Gasteiger partial charge in [-0.2, -0.15) is 0 Å². The molecule has 230 valence electrons. The molecule has 1 fully saturated rings. The summed E-state index contributed by atoms with van der Waals surface area (Å²) >= 11 is 8.32. The van der Waals surface area contributed by atoms with Crippen LogP contribution in [0.5, 0.6) is 11.5 Å². The average molecular weight is 635 g/mol. The third-order valence-electron chi connectivity index (χ3n) is 7.77. The lowest BCUT2D eigenvalue weighted by Gasteiger charge is -2.32. The first-order valence-corrected chi connectivity index (χ1v) is 15.5. The lowest BCUT2D eigenvalue weighted by atomic mass is 9.97. The number of hydrogen-bond acceptors (Lipinski definition) is 9. The number of rotatable bonds is 11. The smallest absolute Gasteiger partial charge is 0.326 e. The summed E-state index contributed by atoms with van der Waals surface area (Å²) in [5, 5.41) is 14.5. The highest BCUT2D eigenvalue weighted by molar-refractivity contribution is 7.19. The molecule has 4 aromatic rings. The minimum absolute atomic E-state index is 0.114. The Morgan fingerprint density at radius 1 is 1.20 bits per heavy atom. The highest BCUT2D eigenvalue weighted by Crippen LogP contribution is 2.44. The van der Waals surface area contributed by atoms with Crippen LogP contribution in [0.25, 0.3) is 21.3 Å². The number of thiophene rings is 1. The summed E-state index contributed by atoms with van der Waals surface area (Å²) in [6.07, 6.45) is 1.53. The molecule has 1 aliphatic heterocycles. The molecule has 2 aromatic heterocycles. The number of piperazine rings is 1. The number of carbonyl (C=O) groups is 1. The number of carboxylic acids is 1. The van der Waals surface area contributed by atoms with Gasteiger partial charge in [0.05, 0.1) is 23.7 Å². The molecule has 0 aliphatic carbocycles. The Morgan fingerprint density at radius 3 is 2.75 bits per heavy atom. The standard InChI is InChI=1S/C33H36ClN5O4S/c1-5-8-27-28(23-11-12-26(30(34)21(23)2)43-18-17-39-15-13-38(3)14-16-39)29-31(35-20-36-32(29)44-27)37-24(33(40)41)19-22-9-6-7-10-25(22)42-4/h6-7,9-12,20,24H,13-19H2,1-4H3,(H,40,41)(H,35,36,37)/t24-/m0/s1/i4D. The van der Waals surface area contributed by atoms with Gasteiger partial charge < -0.3 is 24.8 Å². The number of aromatic nitrogens is 2. The third-order valence-corrected chi connectivity index (χ3v) is 9.25. The highest BCUT2D eigenvalue weighted by atomic mass is 35.5. The van der Waals surface area contributed by atoms with Crippen LogP contribution in [0.4, 0.5) is 5.82 Å². The van der Waals surface area contributed by atoms with Gasteiger partial charge >= 0.3 is 5.97 Å². The van der Waals surface area contributed by atoms with E-state index in [0.717, 1.165) is 54.3 Å². The van der Waals surface area contributed by atoms with Gasteiger partial charge in [-0.1, -0.05) is 41.8 Å². The van der Waals surface area contributed by atoms with E-state index in [0.29, 0.717) is 44.7 Å². The number of fused-ring (bicyclic) bond motifs is 1. The van der Waals surface area contributed by atoms with Gasteiger partial charge in [0.25, 0.3) is 0 Å². The van der Waals surface area contributed by atoms with Gasteiger partial charge in [-0.05, 0) is 49.7 Å². The number of methoxy groups -OCH3 is 1. The van der Waals surface area contributed by atoms with Crippen LogP contribution in [0.15, 0.2) is 42.7 Å². The Kier molecular flexibility index (Phi) is 9.78. The number of hydrogen-bond donors (Lipinski definition) is 2. The molecule has 2 aromatic carbocycles. The SMILES string of the molecule is [2H]COc1ccccc1C[C@H](Nc1ncnc2sc(C#CC)c(-c3ccc(OCCN4CCN(C)CC4)c(Cl)c3C)c12)C(=O)O. The van der Waals surface area contributed by atoms with Crippen LogP contribution >= 0.6 is 22.9 Å². The molecule has 0 unspecified atom stereocenters. The fourth-order valence-electron chi connectivity index (χ4n) is 5.30. The summed E-state index contributed by atoms with van der Waals surface area (Å²) in [5.41, 5.74) is 3.12. The molecule has 1 aliphatic rings. The van der Waals surface area contributed by atoms with Crippen LogP contribution in [-0.4, -0.2) is 90.3 Å². The maximum Gasteiger partial charge on any atom is 0.326 e. The van der Waals surface area contributed by atoms with Gasteiger partial charge in [-0.3, -0.25) is 4.90 Å². The second-order valence-corrected chi connectivity index (χ2v) is 12.0. The van der Waals surface area contributed by atoms with Crippen molar-refractivity contribution in [3.63, 3.8) is 0 Å². The first-order valence-electron chi connectivity index (χ1n) is 15.0. The Hall–Kier alpha value is -3.88. The van der Waals surface area contributed by atoms with E-state index in [1.807, 2.05) is 25.1 Å². The monoisotopic (exact) mass is 634 g/mol. The zero-order valence-electron chi connectivity index (χ0n) is 26.0. The molecular formula is C33H36ClN5O4S. The number of anilines is 1. The Balaban J connectivity index is 1.47. The van der Waals surface area contributed by atoms with Crippen molar-refractivity contribution in [1.82, 2.24) is 19.8 Å². The second kappa shape index (κ2) is 14.3. The van der Waals surface area contributed by atoms with Gasteiger partial charge in [-0.25, -0.2) is 14.8 Å². The van der Waals surface area contributed by atoms with Crippen LogP contribution in [0, 0.1) is 18.8 Å². The molecule has 44 heavy (non-hydrogen) atoms. The maximum absolute atomic E-state index is 12.5. The van der Waals surface area contributed by atoms with E-state index < -0.39 is 12.0 Å². The summed E-state index contributed by atoms with van der Waals surface area (Å²) < 4.78 is 19.0. The number of nitrogens with one attached hydrogen (secondary N) is 1. The van der Waals surface area contributed by atoms with E-state index in [1.54, 1.807) is 25.1 Å². The fraction of sp³-hybridized carbons (Fsp3) is 0.364. The summed E-state index contributed by atoms with van der Waals surface area (Å²) in [7, 11) is 1.87. The summed E-state index contributed by atoms with van der Waals surface area (Å²) in [4.78, 5) is 27.6. The third kappa shape index (κ3) is 6.92. The highest BCUT2D eigenvalue weighted by Gasteiger charge is 2.26. The normalized spacial score (nSPS) is 14.9. The van der Waals surface area contributed by atoms with Gasteiger partial charge in [0, 0.05) is 44.7 Å². The van der Waals surface area contributed by atoms with Crippen LogP contribution in [0.1, 0.15) is 24.3 Å². The number of halogens is 1. The van der Waals surface area contributed by atoms with Crippen LogP contribution in [-0.2, 0) is 11.2 Å². The van der Waals surface area contributed by atoms with Crippen molar-refractivity contribution >= 4 is 44.9 Å². The largest absolute Gasteiger partial charge is 0.496 e. The van der Waals surface area contributed by atoms with Crippen molar-refractivity contribution in [2.75, 3.05) is 58.8 Å². The fourth-order valence-corrected chi connectivity index (χ4v) is 6.58. The molecule has 0 bridgehead atoms. The van der Waals surface area contributed by atoms with Crippen molar-refractivity contribution in [2.45, 2.75) is 26.3 Å². The summed E-state index contributed by atoms with van der Waals surface area (Å²) in [5.74, 6) is 6.61. The zero-order chi connectivity index (χ0) is 31.9. The van der Waals surface area contributed by atoms with Crippen molar-refractivity contribution < 1.29 is 20.7 Å². The Labute approximate surface area is 268 Å². The summed E-state index contributed by atoms with van der Waals surface area (Å²) in [6.45, 7) is 9.21. The van der Waals surface area contributed by atoms with Crippen LogP contribution < -0.4 is 14.8 Å². The van der Waals surface area contributed by atoms with E-state index in [2.05, 4.69) is 44.0 Å². The van der Waals surface area contributed by atoms with Crippen molar-refractivity contribution in [2.24, 2.45) is 0 Å². The first kappa shape index (κ1) is 30.2. The lowest BCUT2D eigenvalue weighted by molar-refractivity contribution is -0.137. The van der Waals surface area contributed by atoms with Gasteiger partial charge in [0.15, 0.2) is 0 Å².